The Morgan fingerprint density at radius 2 is 2.05 bits per heavy atom. The molecule has 0 spiro atoms. The van der Waals surface area contributed by atoms with Crippen molar-refractivity contribution in [3.63, 3.8) is 0 Å². The average Bonchev–Trinajstić information content (AvgIpc) is 2.55. The Kier molecular flexibility index (Phi) is 4.02. The number of carbonyl (C=O) groups is 1. The highest BCUT2D eigenvalue weighted by molar-refractivity contribution is 5.98. The largest absolute Gasteiger partial charge is 0.496 e. The van der Waals surface area contributed by atoms with Crippen LogP contribution in [0, 0.1) is 0 Å². The Balaban J connectivity index is 1.82. The molecule has 0 aromatic heterocycles. The van der Waals surface area contributed by atoms with Crippen molar-refractivity contribution in [2.75, 3.05) is 13.7 Å². The van der Waals surface area contributed by atoms with E-state index in [0.717, 1.165) is 36.4 Å². The van der Waals surface area contributed by atoms with E-state index in [1.165, 1.54) is 11.1 Å². The van der Waals surface area contributed by atoms with Crippen LogP contribution in [0.25, 0.3) is 0 Å². The van der Waals surface area contributed by atoms with Crippen molar-refractivity contribution in [2.45, 2.75) is 19.4 Å². The zero-order valence-electron chi connectivity index (χ0n) is 12.2. The van der Waals surface area contributed by atoms with Crippen LogP contribution >= 0.6 is 0 Å². The lowest BCUT2D eigenvalue weighted by atomic mass is 9.95. The number of carbonyl (C=O) groups excluding carboxylic acids is 1. The van der Waals surface area contributed by atoms with Gasteiger partial charge in [0.25, 0.3) is 0 Å². The minimum Gasteiger partial charge on any atom is -0.496 e. The van der Waals surface area contributed by atoms with Crippen molar-refractivity contribution in [1.29, 1.82) is 0 Å². The Labute approximate surface area is 124 Å². The normalized spacial score (nSPS) is 13.6. The molecule has 0 unspecified atom stereocenters. The van der Waals surface area contributed by atoms with E-state index in [9.17, 15) is 4.79 Å². The number of fused-ring (bicyclic) bond motifs is 1. The third-order valence-electron chi connectivity index (χ3n) is 3.96. The van der Waals surface area contributed by atoms with E-state index in [0.29, 0.717) is 6.42 Å². The molecule has 0 amide bonds. The molecular weight excluding hydrogens is 262 g/mol. The van der Waals surface area contributed by atoms with Crippen LogP contribution in [0.5, 0.6) is 5.75 Å². The van der Waals surface area contributed by atoms with Gasteiger partial charge in [-0.1, -0.05) is 30.3 Å². The van der Waals surface area contributed by atoms with E-state index in [-0.39, 0.29) is 5.78 Å². The number of ketones is 1. The SMILES string of the molecule is COc1ccccc1CC(=O)c1ccc2c(c1)CNCC2. The third kappa shape index (κ3) is 2.98. The molecule has 21 heavy (non-hydrogen) atoms. The van der Waals surface area contributed by atoms with Gasteiger partial charge in [0.1, 0.15) is 5.75 Å². The van der Waals surface area contributed by atoms with Gasteiger partial charge in [-0.25, -0.2) is 0 Å². The number of ether oxygens (including phenoxy) is 1. The molecule has 0 saturated carbocycles. The van der Waals surface area contributed by atoms with E-state index in [4.69, 9.17) is 4.74 Å². The smallest absolute Gasteiger partial charge is 0.167 e. The first-order valence-electron chi connectivity index (χ1n) is 7.25. The molecule has 0 saturated heterocycles. The molecule has 108 valence electrons. The van der Waals surface area contributed by atoms with Crippen LogP contribution in [0.15, 0.2) is 42.5 Å². The molecule has 3 nitrogen and oxygen atoms in total. The summed E-state index contributed by atoms with van der Waals surface area (Å²) in [5.41, 5.74) is 4.30. The zero-order valence-corrected chi connectivity index (χ0v) is 12.2. The summed E-state index contributed by atoms with van der Waals surface area (Å²) in [5, 5.41) is 3.34. The van der Waals surface area contributed by atoms with Gasteiger partial charge in [-0.05, 0) is 36.2 Å². The molecular formula is C18H19NO2. The number of nitrogens with one attached hydrogen (secondary N) is 1. The summed E-state index contributed by atoms with van der Waals surface area (Å²) < 4.78 is 5.31. The number of Topliss-reactive ketones (excluding diaryl/α,β-unsaturated/α-hetero) is 1. The van der Waals surface area contributed by atoms with Crippen molar-refractivity contribution in [1.82, 2.24) is 5.32 Å². The second-order valence-corrected chi connectivity index (χ2v) is 5.32. The summed E-state index contributed by atoms with van der Waals surface area (Å²) in [7, 11) is 1.63. The predicted octanol–water partition coefficient (Wildman–Crippen LogP) is 2.77. The molecule has 2 aromatic carbocycles. The van der Waals surface area contributed by atoms with Crippen molar-refractivity contribution in [3.8, 4) is 5.75 Å². The summed E-state index contributed by atoms with van der Waals surface area (Å²) in [6.07, 6.45) is 1.41. The summed E-state index contributed by atoms with van der Waals surface area (Å²) in [4.78, 5) is 12.5. The lowest BCUT2D eigenvalue weighted by Gasteiger charge is -2.17. The molecule has 0 atom stereocenters. The average molecular weight is 281 g/mol. The molecule has 0 aliphatic carbocycles. The topological polar surface area (TPSA) is 38.3 Å². The van der Waals surface area contributed by atoms with Crippen LogP contribution in [-0.4, -0.2) is 19.4 Å². The molecule has 2 aromatic rings. The summed E-state index contributed by atoms with van der Waals surface area (Å²) in [6, 6.07) is 13.7. The summed E-state index contributed by atoms with van der Waals surface area (Å²) >= 11 is 0. The van der Waals surface area contributed by atoms with Gasteiger partial charge in [0.2, 0.25) is 0 Å². The monoisotopic (exact) mass is 281 g/mol. The molecule has 0 radical (unpaired) electrons. The fourth-order valence-electron chi connectivity index (χ4n) is 2.78. The second-order valence-electron chi connectivity index (χ2n) is 5.32. The van der Waals surface area contributed by atoms with Crippen LogP contribution in [0.3, 0.4) is 0 Å². The van der Waals surface area contributed by atoms with Crippen molar-refractivity contribution >= 4 is 5.78 Å². The molecule has 1 aliphatic heterocycles. The van der Waals surface area contributed by atoms with Crippen molar-refractivity contribution < 1.29 is 9.53 Å². The maximum atomic E-state index is 12.5. The molecule has 3 rings (SSSR count). The van der Waals surface area contributed by atoms with Crippen molar-refractivity contribution in [2.24, 2.45) is 0 Å². The highest BCUT2D eigenvalue weighted by atomic mass is 16.5. The number of para-hydroxylation sites is 1. The molecule has 1 N–H and O–H groups in total. The van der Waals surface area contributed by atoms with Crippen LogP contribution < -0.4 is 10.1 Å². The van der Waals surface area contributed by atoms with Gasteiger partial charge in [0.15, 0.2) is 5.78 Å². The van der Waals surface area contributed by atoms with E-state index in [1.807, 2.05) is 36.4 Å². The summed E-state index contributed by atoms with van der Waals surface area (Å²) in [5.74, 6) is 0.901. The van der Waals surface area contributed by atoms with Gasteiger partial charge in [0, 0.05) is 24.1 Å². The molecule has 1 aliphatic rings. The number of hydrogen-bond acceptors (Lipinski definition) is 3. The molecule has 0 bridgehead atoms. The zero-order chi connectivity index (χ0) is 14.7. The van der Waals surface area contributed by atoms with Crippen LogP contribution in [0.1, 0.15) is 27.0 Å². The van der Waals surface area contributed by atoms with Gasteiger partial charge >= 0.3 is 0 Å². The van der Waals surface area contributed by atoms with E-state index in [2.05, 4.69) is 11.4 Å². The minimum absolute atomic E-state index is 0.132. The van der Waals surface area contributed by atoms with Crippen LogP contribution in [-0.2, 0) is 19.4 Å². The molecule has 0 fully saturated rings. The fourth-order valence-corrected chi connectivity index (χ4v) is 2.78. The van der Waals surface area contributed by atoms with E-state index >= 15 is 0 Å². The van der Waals surface area contributed by atoms with Crippen LogP contribution in [0.4, 0.5) is 0 Å². The lowest BCUT2D eigenvalue weighted by molar-refractivity contribution is 0.0992. The number of methoxy groups -OCH3 is 1. The van der Waals surface area contributed by atoms with Gasteiger partial charge in [-0.3, -0.25) is 4.79 Å². The highest BCUT2D eigenvalue weighted by Gasteiger charge is 2.14. The van der Waals surface area contributed by atoms with E-state index in [1.54, 1.807) is 7.11 Å². The Morgan fingerprint density at radius 1 is 1.19 bits per heavy atom. The number of hydrogen-bond donors (Lipinski definition) is 1. The minimum atomic E-state index is 0.132. The second kappa shape index (κ2) is 6.10. The maximum Gasteiger partial charge on any atom is 0.167 e. The standard InChI is InChI=1S/C18H19NO2/c1-21-18-5-3-2-4-15(18)11-17(20)14-7-6-13-8-9-19-12-16(13)10-14/h2-7,10,19H,8-9,11-12H2,1H3. The van der Waals surface area contributed by atoms with Gasteiger partial charge in [0.05, 0.1) is 7.11 Å². The molecule has 1 heterocycles. The third-order valence-corrected chi connectivity index (χ3v) is 3.96. The highest BCUT2D eigenvalue weighted by Crippen LogP contribution is 2.21. The number of rotatable bonds is 4. The van der Waals surface area contributed by atoms with E-state index < -0.39 is 0 Å². The number of benzene rings is 2. The predicted molar refractivity (Wildman–Crippen MR) is 82.9 cm³/mol. The first-order chi connectivity index (χ1) is 10.3. The Bertz CT molecular complexity index is 664. The molecule has 3 heteroatoms. The quantitative estimate of drug-likeness (QED) is 0.876. The van der Waals surface area contributed by atoms with Gasteiger partial charge in [-0.15, -0.1) is 0 Å². The first-order valence-corrected chi connectivity index (χ1v) is 7.25. The lowest BCUT2D eigenvalue weighted by Crippen LogP contribution is -2.24. The maximum absolute atomic E-state index is 12.5. The van der Waals surface area contributed by atoms with Crippen LogP contribution in [0.2, 0.25) is 0 Å². The summed E-state index contributed by atoms with van der Waals surface area (Å²) in [6.45, 7) is 1.87. The van der Waals surface area contributed by atoms with Gasteiger partial charge in [-0.2, -0.15) is 0 Å². The fraction of sp³-hybridized carbons (Fsp3) is 0.278. The Morgan fingerprint density at radius 3 is 2.90 bits per heavy atom. The first kappa shape index (κ1) is 13.8. The Hall–Kier alpha value is -2.13. The van der Waals surface area contributed by atoms with Gasteiger partial charge < -0.3 is 10.1 Å². The van der Waals surface area contributed by atoms with Crippen molar-refractivity contribution in [3.05, 3.63) is 64.7 Å².